The smallest absolute Gasteiger partial charge is 0.326 e. The van der Waals surface area contributed by atoms with E-state index in [9.17, 15) is 29.1 Å². The predicted octanol–water partition coefficient (Wildman–Crippen LogP) is -1.19. The fourth-order valence-corrected chi connectivity index (χ4v) is 3.46. The van der Waals surface area contributed by atoms with Crippen LogP contribution < -0.4 is 27.0 Å². The summed E-state index contributed by atoms with van der Waals surface area (Å²) in [5, 5.41) is 20.0. The molecule has 1 aromatic carbocycles. The minimum absolute atomic E-state index is 0.0281. The Morgan fingerprint density at radius 2 is 1.76 bits per heavy atom. The summed E-state index contributed by atoms with van der Waals surface area (Å²) in [6, 6.07) is 5.07. The molecule has 11 nitrogen and oxygen atoms in total. The molecule has 0 aromatic heterocycles. The molecule has 1 aromatic rings. The van der Waals surface area contributed by atoms with Gasteiger partial charge in [0.25, 0.3) is 0 Å². The number of hydrogen-bond acceptors (Lipinski definition) is 6. The average Bonchev–Trinajstić information content (AvgIpc) is 3.31. The molecule has 11 heteroatoms. The van der Waals surface area contributed by atoms with Crippen LogP contribution in [0.4, 0.5) is 0 Å². The van der Waals surface area contributed by atoms with Crippen molar-refractivity contribution in [1.82, 2.24) is 21.3 Å². The number of nitrogens with two attached hydrogens (primary N) is 1. The van der Waals surface area contributed by atoms with Crippen LogP contribution >= 0.6 is 0 Å². The Morgan fingerprint density at radius 1 is 1.06 bits per heavy atom. The van der Waals surface area contributed by atoms with Gasteiger partial charge < -0.3 is 32.1 Å². The normalized spacial score (nSPS) is 17.9. The summed E-state index contributed by atoms with van der Waals surface area (Å²) < 4.78 is 0. The molecule has 1 aliphatic rings. The lowest BCUT2D eigenvalue weighted by Gasteiger charge is -2.23. The van der Waals surface area contributed by atoms with Gasteiger partial charge in [-0.25, -0.2) is 4.79 Å². The molecule has 180 valence electrons. The zero-order valence-corrected chi connectivity index (χ0v) is 18.5. The Labute approximate surface area is 191 Å². The Balaban J connectivity index is 1.97. The molecule has 4 amide bonds. The van der Waals surface area contributed by atoms with E-state index < -0.39 is 47.9 Å². The third-order valence-electron chi connectivity index (χ3n) is 5.34. The first-order chi connectivity index (χ1) is 15.7. The highest BCUT2D eigenvalue weighted by Gasteiger charge is 2.30. The van der Waals surface area contributed by atoms with Crippen LogP contribution in [-0.4, -0.2) is 65.4 Å². The lowest BCUT2D eigenvalue weighted by Crippen LogP contribution is -2.56. The number of rotatable bonds is 12. The molecule has 4 unspecified atom stereocenters. The third-order valence-corrected chi connectivity index (χ3v) is 5.34. The molecule has 0 bridgehead atoms. The minimum atomic E-state index is -1.21. The molecule has 1 heterocycles. The van der Waals surface area contributed by atoms with Gasteiger partial charge in [-0.15, -0.1) is 0 Å². The topological polar surface area (TPSA) is 180 Å². The summed E-state index contributed by atoms with van der Waals surface area (Å²) in [7, 11) is 0. The number of carboxylic acids is 1. The zero-order chi connectivity index (χ0) is 24.4. The van der Waals surface area contributed by atoms with Crippen molar-refractivity contribution >= 4 is 29.6 Å². The maximum Gasteiger partial charge on any atom is 0.326 e. The number of nitrogens with one attached hydrogen (secondary N) is 4. The highest BCUT2D eigenvalue weighted by molar-refractivity contribution is 5.94. The number of hydrogen-bond donors (Lipinski definition) is 6. The van der Waals surface area contributed by atoms with Crippen molar-refractivity contribution in [2.75, 3.05) is 6.54 Å². The van der Waals surface area contributed by atoms with Crippen LogP contribution in [0.2, 0.25) is 0 Å². The maximum atomic E-state index is 12.7. The Kier molecular flexibility index (Phi) is 9.80. The number of primary amides is 1. The first kappa shape index (κ1) is 25.8. The number of aliphatic carboxylic acids is 1. The molecule has 0 aliphatic carbocycles. The summed E-state index contributed by atoms with van der Waals surface area (Å²) in [6.07, 6.45) is 1.39. The second-order valence-electron chi connectivity index (χ2n) is 8.03. The van der Waals surface area contributed by atoms with Gasteiger partial charge in [0.2, 0.25) is 23.6 Å². The van der Waals surface area contributed by atoms with Crippen LogP contribution in [0.1, 0.15) is 38.2 Å². The van der Waals surface area contributed by atoms with E-state index in [4.69, 9.17) is 5.73 Å². The number of amides is 4. The first-order valence-corrected chi connectivity index (χ1v) is 10.9. The maximum absolute atomic E-state index is 12.7. The van der Waals surface area contributed by atoms with Crippen LogP contribution in [0.5, 0.6) is 0 Å². The first-order valence-electron chi connectivity index (χ1n) is 10.9. The molecule has 0 radical (unpaired) electrons. The summed E-state index contributed by atoms with van der Waals surface area (Å²) in [4.78, 5) is 60.5. The van der Waals surface area contributed by atoms with E-state index in [0.29, 0.717) is 13.0 Å². The van der Waals surface area contributed by atoms with Crippen molar-refractivity contribution < 1.29 is 29.1 Å². The molecule has 1 saturated heterocycles. The number of carbonyl (C=O) groups excluding carboxylic acids is 4. The predicted molar refractivity (Wildman–Crippen MR) is 119 cm³/mol. The summed E-state index contributed by atoms with van der Waals surface area (Å²) >= 11 is 0. The van der Waals surface area contributed by atoms with Crippen LogP contribution in [-0.2, 0) is 30.4 Å². The van der Waals surface area contributed by atoms with Gasteiger partial charge in [0.1, 0.15) is 18.1 Å². The number of benzene rings is 1. The summed E-state index contributed by atoms with van der Waals surface area (Å²) in [5.41, 5.74) is 5.91. The van der Waals surface area contributed by atoms with E-state index >= 15 is 0 Å². The zero-order valence-electron chi connectivity index (χ0n) is 18.5. The Morgan fingerprint density at radius 3 is 2.33 bits per heavy atom. The van der Waals surface area contributed by atoms with E-state index in [1.165, 1.54) is 6.92 Å². The van der Waals surface area contributed by atoms with Crippen LogP contribution in [0.3, 0.4) is 0 Å². The third kappa shape index (κ3) is 8.53. The molecule has 0 saturated carbocycles. The van der Waals surface area contributed by atoms with Crippen LogP contribution in [0, 0.1) is 0 Å². The van der Waals surface area contributed by atoms with Gasteiger partial charge in [0.05, 0.1) is 6.04 Å². The van der Waals surface area contributed by atoms with Crippen LogP contribution in [0.25, 0.3) is 0 Å². The fourth-order valence-electron chi connectivity index (χ4n) is 3.46. The lowest BCUT2D eigenvalue weighted by atomic mass is 10.1. The number of carbonyl (C=O) groups is 5. The second-order valence-corrected chi connectivity index (χ2v) is 8.03. The highest BCUT2D eigenvalue weighted by atomic mass is 16.4. The summed E-state index contributed by atoms with van der Waals surface area (Å²) in [6.45, 7) is 2.10. The highest BCUT2D eigenvalue weighted by Crippen LogP contribution is 2.07. The van der Waals surface area contributed by atoms with Gasteiger partial charge in [-0.1, -0.05) is 30.3 Å². The van der Waals surface area contributed by atoms with Crippen LogP contribution in [0.15, 0.2) is 30.3 Å². The fraction of sp³-hybridized carbons (Fsp3) is 0.500. The molecule has 0 spiro atoms. The van der Waals surface area contributed by atoms with Crippen molar-refractivity contribution in [1.29, 1.82) is 0 Å². The standard InChI is InChI=1S/C22H31N5O6/c1-13(19(29)27-17(22(32)33)12-14-6-3-2-4-7-14)25-21(31)16(9-10-18(23)28)26-20(30)15-8-5-11-24-15/h2-4,6-7,13,15-17,24H,5,8-12H2,1H3,(H2,23,28)(H,25,31)(H,26,30)(H,27,29)(H,32,33). The van der Waals surface area contributed by atoms with Crippen molar-refractivity contribution in [3.8, 4) is 0 Å². The number of carboxylic acid groups (broad SMARTS) is 1. The molecule has 7 N–H and O–H groups in total. The van der Waals surface area contributed by atoms with Gasteiger partial charge in [-0.2, -0.15) is 0 Å². The van der Waals surface area contributed by atoms with E-state index in [-0.39, 0.29) is 25.2 Å². The molecular formula is C22H31N5O6. The average molecular weight is 462 g/mol. The second kappa shape index (κ2) is 12.5. The Hall–Kier alpha value is -3.47. The van der Waals surface area contributed by atoms with Gasteiger partial charge in [0, 0.05) is 12.8 Å². The quantitative estimate of drug-likeness (QED) is 0.226. The van der Waals surface area contributed by atoms with Gasteiger partial charge in [0.15, 0.2) is 0 Å². The van der Waals surface area contributed by atoms with E-state index in [1.54, 1.807) is 30.3 Å². The van der Waals surface area contributed by atoms with Crippen molar-refractivity contribution in [3.05, 3.63) is 35.9 Å². The van der Waals surface area contributed by atoms with Crippen molar-refractivity contribution in [2.45, 2.75) is 63.2 Å². The van der Waals surface area contributed by atoms with Gasteiger partial charge in [-0.05, 0) is 38.3 Å². The summed E-state index contributed by atoms with van der Waals surface area (Å²) in [5.74, 6) is -3.56. The van der Waals surface area contributed by atoms with E-state index in [2.05, 4.69) is 21.3 Å². The monoisotopic (exact) mass is 461 g/mol. The molecule has 4 atom stereocenters. The minimum Gasteiger partial charge on any atom is -0.480 e. The Bertz CT molecular complexity index is 856. The largest absolute Gasteiger partial charge is 0.480 e. The molecule has 2 rings (SSSR count). The lowest BCUT2D eigenvalue weighted by molar-refractivity contribution is -0.142. The van der Waals surface area contributed by atoms with Gasteiger partial charge >= 0.3 is 5.97 Å². The molecule has 1 aliphatic heterocycles. The molecular weight excluding hydrogens is 430 g/mol. The van der Waals surface area contributed by atoms with Gasteiger partial charge in [-0.3, -0.25) is 19.2 Å². The molecule has 1 fully saturated rings. The van der Waals surface area contributed by atoms with Crippen molar-refractivity contribution in [3.63, 3.8) is 0 Å². The SMILES string of the molecule is CC(NC(=O)C(CCC(N)=O)NC(=O)C1CCCN1)C(=O)NC(Cc1ccccc1)C(=O)O. The van der Waals surface area contributed by atoms with E-state index in [0.717, 1.165) is 12.0 Å². The molecule has 33 heavy (non-hydrogen) atoms. The van der Waals surface area contributed by atoms with Crippen molar-refractivity contribution in [2.24, 2.45) is 5.73 Å². The van der Waals surface area contributed by atoms with E-state index in [1.807, 2.05) is 0 Å².